The molecule has 1 amide bonds. The number of amides is 1. The van der Waals surface area contributed by atoms with E-state index in [2.05, 4.69) is 38.3 Å². The van der Waals surface area contributed by atoms with Crippen LogP contribution in [0.1, 0.15) is 27.7 Å². The average molecular weight is 491 g/mol. The van der Waals surface area contributed by atoms with Gasteiger partial charge in [0.05, 0.1) is 24.9 Å². The Hall–Kier alpha value is -2.93. The maximum atomic E-state index is 13.1. The summed E-state index contributed by atoms with van der Waals surface area (Å²) in [6, 6.07) is 25.2. The van der Waals surface area contributed by atoms with Gasteiger partial charge >= 0.3 is 0 Å². The molecule has 1 aliphatic heterocycles. The number of hydrogen-bond donors (Lipinski definition) is 1. The van der Waals surface area contributed by atoms with Gasteiger partial charge in [-0.1, -0.05) is 58.4 Å². The van der Waals surface area contributed by atoms with E-state index >= 15 is 0 Å². The van der Waals surface area contributed by atoms with Gasteiger partial charge in [0.25, 0.3) is 5.91 Å². The number of ether oxygens (including phenoxy) is 1. The molecular weight excluding hydrogens is 468 g/mol. The van der Waals surface area contributed by atoms with Gasteiger partial charge in [0, 0.05) is 28.5 Å². The number of furan rings is 1. The Labute approximate surface area is 195 Å². The number of anilines is 1. The largest absolute Gasteiger partial charge is 0.457 e. The number of para-hydroxylation sites is 1. The molecule has 0 saturated carbocycles. The highest BCUT2D eigenvalue weighted by molar-refractivity contribution is 9.10. The average Bonchev–Trinajstić information content (AvgIpc) is 3.18. The summed E-state index contributed by atoms with van der Waals surface area (Å²) in [4.78, 5) is 15.5. The van der Waals surface area contributed by atoms with Gasteiger partial charge in [-0.05, 0) is 42.0 Å². The SMILES string of the molecule is O=C(Nc1c([C@@H](c2cccc(Br)c2)N2CCOCC2)oc2ccccc12)c1ccccc1. The molecule has 2 heterocycles. The van der Waals surface area contributed by atoms with E-state index in [0.29, 0.717) is 24.5 Å². The van der Waals surface area contributed by atoms with Crippen molar-refractivity contribution in [1.82, 2.24) is 4.90 Å². The normalized spacial score (nSPS) is 15.5. The molecule has 3 aromatic carbocycles. The van der Waals surface area contributed by atoms with Crippen LogP contribution in [-0.4, -0.2) is 37.1 Å². The zero-order valence-corrected chi connectivity index (χ0v) is 19.0. The lowest BCUT2D eigenvalue weighted by atomic mass is 10.00. The van der Waals surface area contributed by atoms with Crippen molar-refractivity contribution in [2.24, 2.45) is 0 Å². The Morgan fingerprint density at radius 3 is 2.47 bits per heavy atom. The third-order valence-corrected chi connectivity index (χ3v) is 6.21. The number of hydrogen-bond acceptors (Lipinski definition) is 4. The number of fused-ring (bicyclic) bond motifs is 1. The molecule has 1 saturated heterocycles. The van der Waals surface area contributed by atoms with Crippen LogP contribution in [-0.2, 0) is 4.74 Å². The van der Waals surface area contributed by atoms with Crippen LogP contribution in [0.15, 0.2) is 87.8 Å². The number of carbonyl (C=O) groups excluding carboxylic acids is 1. The van der Waals surface area contributed by atoms with E-state index in [1.807, 2.05) is 66.7 Å². The van der Waals surface area contributed by atoms with Gasteiger partial charge in [0.1, 0.15) is 11.3 Å². The van der Waals surface area contributed by atoms with Gasteiger partial charge in [-0.15, -0.1) is 0 Å². The molecule has 1 N–H and O–H groups in total. The summed E-state index contributed by atoms with van der Waals surface area (Å²) in [5, 5.41) is 4.04. The molecule has 1 atom stereocenters. The number of carbonyl (C=O) groups is 1. The van der Waals surface area contributed by atoms with E-state index in [-0.39, 0.29) is 11.9 Å². The van der Waals surface area contributed by atoms with Crippen LogP contribution in [0.4, 0.5) is 5.69 Å². The number of benzene rings is 3. The van der Waals surface area contributed by atoms with E-state index in [1.165, 1.54) is 0 Å². The monoisotopic (exact) mass is 490 g/mol. The van der Waals surface area contributed by atoms with Crippen LogP contribution >= 0.6 is 15.9 Å². The molecule has 0 aliphatic carbocycles. The lowest BCUT2D eigenvalue weighted by Crippen LogP contribution is -2.39. The number of nitrogens with one attached hydrogen (secondary N) is 1. The predicted octanol–water partition coefficient (Wildman–Crippen LogP) is 5.87. The molecule has 162 valence electrons. The zero-order chi connectivity index (χ0) is 21.9. The fourth-order valence-corrected chi connectivity index (χ4v) is 4.62. The first-order chi connectivity index (χ1) is 15.7. The van der Waals surface area contributed by atoms with Crippen molar-refractivity contribution in [2.45, 2.75) is 6.04 Å². The summed E-state index contributed by atoms with van der Waals surface area (Å²) in [6.07, 6.45) is 0. The fourth-order valence-electron chi connectivity index (χ4n) is 4.20. The molecule has 32 heavy (non-hydrogen) atoms. The van der Waals surface area contributed by atoms with Crippen LogP contribution in [0.5, 0.6) is 0 Å². The van der Waals surface area contributed by atoms with Gasteiger partial charge < -0.3 is 14.5 Å². The standard InChI is InChI=1S/C26H23BrN2O3/c27-20-10-6-9-19(17-20)24(29-13-15-31-16-14-29)25-23(21-11-4-5-12-22(21)32-25)28-26(30)18-7-2-1-3-8-18/h1-12,17,24H,13-16H2,(H,28,30)/t24-/m1/s1. The van der Waals surface area contributed by atoms with E-state index in [9.17, 15) is 4.79 Å². The first kappa shape index (κ1) is 20.9. The Kier molecular flexibility index (Phi) is 6.08. The second-order valence-electron chi connectivity index (χ2n) is 7.76. The molecule has 5 rings (SSSR count). The van der Waals surface area contributed by atoms with E-state index in [0.717, 1.165) is 39.9 Å². The third kappa shape index (κ3) is 4.21. The minimum absolute atomic E-state index is 0.158. The minimum atomic E-state index is -0.159. The van der Waals surface area contributed by atoms with Crippen LogP contribution < -0.4 is 5.32 Å². The van der Waals surface area contributed by atoms with Gasteiger partial charge in [-0.2, -0.15) is 0 Å². The molecule has 0 spiro atoms. The molecule has 1 fully saturated rings. The molecule has 1 aromatic heterocycles. The molecule has 0 bridgehead atoms. The van der Waals surface area contributed by atoms with Crippen LogP contribution in [0.25, 0.3) is 11.0 Å². The highest BCUT2D eigenvalue weighted by atomic mass is 79.9. The van der Waals surface area contributed by atoms with Crippen molar-refractivity contribution in [3.05, 3.63) is 100 Å². The van der Waals surface area contributed by atoms with Crippen LogP contribution in [0.3, 0.4) is 0 Å². The van der Waals surface area contributed by atoms with Crippen molar-refractivity contribution < 1.29 is 13.9 Å². The minimum Gasteiger partial charge on any atom is -0.457 e. The summed E-state index contributed by atoms with van der Waals surface area (Å²) in [7, 11) is 0. The number of morpholine rings is 1. The predicted molar refractivity (Wildman–Crippen MR) is 129 cm³/mol. The summed E-state index contributed by atoms with van der Waals surface area (Å²) in [6.45, 7) is 2.88. The van der Waals surface area contributed by atoms with Gasteiger partial charge in [-0.25, -0.2) is 0 Å². The molecule has 1 aliphatic rings. The maximum absolute atomic E-state index is 13.1. The first-order valence-corrected chi connectivity index (χ1v) is 11.4. The van der Waals surface area contributed by atoms with Crippen LogP contribution in [0, 0.1) is 0 Å². The van der Waals surface area contributed by atoms with Gasteiger partial charge in [-0.3, -0.25) is 9.69 Å². The van der Waals surface area contributed by atoms with Crippen molar-refractivity contribution in [3.8, 4) is 0 Å². The maximum Gasteiger partial charge on any atom is 0.255 e. The Morgan fingerprint density at radius 2 is 1.69 bits per heavy atom. The smallest absolute Gasteiger partial charge is 0.255 e. The van der Waals surface area contributed by atoms with E-state index in [4.69, 9.17) is 9.15 Å². The lowest BCUT2D eigenvalue weighted by molar-refractivity contribution is 0.0206. The van der Waals surface area contributed by atoms with E-state index in [1.54, 1.807) is 0 Å². The van der Waals surface area contributed by atoms with Gasteiger partial charge in [0.2, 0.25) is 0 Å². The summed E-state index contributed by atoms with van der Waals surface area (Å²) in [5.74, 6) is 0.573. The molecule has 6 heteroatoms. The Bertz CT molecular complexity index is 1230. The molecule has 4 aromatic rings. The summed E-state index contributed by atoms with van der Waals surface area (Å²) >= 11 is 3.61. The van der Waals surface area contributed by atoms with Crippen LogP contribution in [0.2, 0.25) is 0 Å². The van der Waals surface area contributed by atoms with E-state index < -0.39 is 0 Å². The second-order valence-corrected chi connectivity index (χ2v) is 8.68. The fraction of sp³-hybridized carbons (Fsp3) is 0.192. The number of rotatable bonds is 5. The molecular formula is C26H23BrN2O3. The molecule has 5 nitrogen and oxygen atoms in total. The number of halogens is 1. The summed E-state index contributed by atoms with van der Waals surface area (Å²) in [5.41, 5.74) is 3.16. The molecule has 0 unspecified atom stereocenters. The highest BCUT2D eigenvalue weighted by Crippen LogP contribution is 2.41. The highest BCUT2D eigenvalue weighted by Gasteiger charge is 2.31. The van der Waals surface area contributed by atoms with Crippen molar-refractivity contribution >= 4 is 38.5 Å². The second kappa shape index (κ2) is 9.28. The lowest BCUT2D eigenvalue weighted by Gasteiger charge is -2.34. The van der Waals surface area contributed by atoms with Crippen molar-refractivity contribution in [2.75, 3.05) is 31.6 Å². The van der Waals surface area contributed by atoms with Crippen molar-refractivity contribution in [1.29, 1.82) is 0 Å². The van der Waals surface area contributed by atoms with Gasteiger partial charge in [0.15, 0.2) is 0 Å². The number of nitrogens with zero attached hydrogens (tertiary/aromatic N) is 1. The topological polar surface area (TPSA) is 54.7 Å². The quantitative estimate of drug-likeness (QED) is 0.380. The third-order valence-electron chi connectivity index (χ3n) is 5.72. The zero-order valence-electron chi connectivity index (χ0n) is 17.5. The first-order valence-electron chi connectivity index (χ1n) is 10.7. The Morgan fingerprint density at radius 1 is 0.938 bits per heavy atom. The summed E-state index contributed by atoms with van der Waals surface area (Å²) < 4.78 is 13.0. The van der Waals surface area contributed by atoms with Crippen molar-refractivity contribution in [3.63, 3.8) is 0 Å². The molecule has 0 radical (unpaired) electrons. The Balaban J connectivity index is 1.64.